The molecule has 3 aromatic carbocycles. The Morgan fingerprint density at radius 3 is 2.65 bits per heavy atom. The summed E-state index contributed by atoms with van der Waals surface area (Å²) >= 11 is 1.35. The predicted molar refractivity (Wildman–Crippen MR) is 126 cm³/mol. The van der Waals surface area contributed by atoms with Gasteiger partial charge in [-0.1, -0.05) is 48.5 Å². The topological polar surface area (TPSA) is 59.0 Å². The smallest absolute Gasteiger partial charge is 0.338 e. The monoisotopic (exact) mass is 430 g/mol. The van der Waals surface area contributed by atoms with Gasteiger partial charge in [-0.15, -0.1) is 0 Å². The van der Waals surface area contributed by atoms with Gasteiger partial charge in [0.2, 0.25) is 0 Å². The standard InChI is InChI=1S/C25H22N2O3S/c1-3-27-23(28)22(16-18-11-7-10-17-9-5-6-14-21(17)18)31-25(27)26-20-13-8-12-19(15-20)24(29)30-4-2/h5-16H,3-4H2,1-2H3. The van der Waals surface area contributed by atoms with E-state index in [9.17, 15) is 9.59 Å². The van der Waals surface area contributed by atoms with Crippen LogP contribution in [0.2, 0.25) is 0 Å². The maximum Gasteiger partial charge on any atom is 0.338 e. The summed E-state index contributed by atoms with van der Waals surface area (Å²) in [5.74, 6) is -0.454. The molecular formula is C25H22N2O3S. The third-order valence-corrected chi connectivity index (χ3v) is 5.90. The van der Waals surface area contributed by atoms with Gasteiger partial charge < -0.3 is 4.74 Å². The molecule has 3 aromatic rings. The van der Waals surface area contributed by atoms with Crippen molar-refractivity contribution in [1.82, 2.24) is 4.90 Å². The van der Waals surface area contributed by atoms with Crippen molar-refractivity contribution < 1.29 is 14.3 Å². The summed E-state index contributed by atoms with van der Waals surface area (Å²) < 4.78 is 5.06. The van der Waals surface area contributed by atoms with Gasteiger partial charge in [-0.3, -0.25) is 9.69 Å². The lowest BCUT2D eigenvalue weighted by molar-refractivity contribution is -0.122. The van der Waals surface area contributed by atoms with Crippen molar-refractivity contribution in [3.63, 3.8) is 0 Å². The number of amidine groups is 1. The Morgan fingerprint density at radius 1 is 1.06 bits per heavy atom. The van der Waals surface area contributed by atoms with Gasteiger partial charge >= 0.3 is 5.97 Å². The fraction of sp³-hybridized carbons (Fsp3) is 0.160. The summed E-state index contributed by atoms with van der Waals surface area (Å²) in [4.78, 5) is 32.0. The van der Waals surface area contributed by atoms with Crippen molar-refractivity contribution >= 4 is 51.3 Å². The second-order valence-corrected chi connectivity index (χ2v) is 7.90. The molecule has 4 rings (SSSR count). The number of likely N-dealkylation sites (N-methyl/N-ethyl adjacent to an activating group) is 1. The largest absolute Gasteiger partial charge is 0.462 e. The van der Waals surface area contributed by atoms with E-state index in [0.717, 1.165) is 16.3 Å². The van der Waals surface area contributed by atoms with Crippen molar-refractivity contribution in [1.29, 1.82) is 0 Å². The van der Waals surface area contributed by atoms with E-state index in [4.69, 9.17) is 4.74 Å². The van der Waals surface area contributed by atoms with Gasteiger partial charge in [0.1, 0.15) is 0 Å². The number of carbonyl (C=O) groups is 2. The number of rotatable bonds is 5. The summed E-state index contributed by atoms with van der Waals surface area (Å²) in [6.45, 7) is 4.51. The fourth-order valence-electron chi connectivity index (χ4n) is 3.42. The summed E-state index contributed by atoms with van der Waals surface area (Å²) in [5, 5.41) is 2.82. The normalized spacial score (nSPS) is 16.5. The van der Waals surface area contributed by atoms with Crippen molar-refractivity contribution in [3.05, 3.63) is 82.8 Å². The Morgan fingerprint density at radius 2 is 1.84 bits per heavy atom. The minimum atomic E-state index is -0.386. The minimum absolute atomic E-state index is 0.0688. The summed E-state index contributed by atoms with van der Waals surface area (Å²) in [7, 11) is 0. The molecule has 0 aliphatic carbocycles. The van der Waals surface area contributed by atoms with E-state index in [0.29, 0.717) is 34.5 Å². The molecule has 1 aliphatic rings. The van der Waals surface area contributed by atoms with Crippen molar-refractivity contribution in [2.24, 2.45) is 4.99 Å². The SMILES string of the molecule is CCOC(=O)c1cccc(N=C2SC(=Cc3cccc4ccccc34)C(=O)N2CC)c1. The summed E-state index contributed by atoms with van der Waals surface area (Å²) in [6, 6.07) is 21.1. The average molecular weight is 431 g/mol. The molecule has 0 N–H and O–H groups in total. The first-order chi connectivity index (χ1) is 15.1. The Balaban J connectivity index is 1.68. The Hall–Kier alpha value is -3.38. The molecule has 0 spiro atoms. The molecule has 1 heterocycles. The van der Waals surface area contributed by atoms with Crippen LogP contribution in [0.4, 0.5) is 5.69 Å². The van der Waals surface area contributed by atoms with Crippen LogP contribution in [0.25, 0.3) is 16.8 Å². The average Bonchev–Trinajstić information content (AvgIpc) is 3.08. The highest BCUT2D eigenvalue weighted by atomic mass is 32.2. The van der Waals surface area contributed by atoms with Crippen molar-refractivity contribution in [2.75, 3.05) is 13.2 Å². The van der Waals surface area contributed by atoms with Gasteiger partial charge in [0.15, 0.2) is 5.17 Å². The summed E-state index contributed by atoms with van der Waals surface area (Å²) in [5.41, 5.74) is 2.04. The number of hydrogen-bond donors (Lipinski definition) is 0. The zero-order valence-electron chi connectivity index (χ0n) is 17.4. The number of amides is 1. The highest BCUT2D eigenvalue weighted by molar-refractivity contribution is 8.18. The summed E-state index contributed by atoms with van der Waals surface area (Å²) in [6.07, 6.45) is 1.93. The molecule has 0 aromatic heterocycles. The van der Waals surface area contributed by atoms with Crippen LogP contribution < -0.4 is 0 Å². The first-order valence-electron chi connectivity index (χ1n) is 10.2. The van der Waals surface area contributed by atoms with E-state index in [1.54, 1.807) is 36.1 Å². The van der Waals surface area contributed by atoms with E-state index >= 15 is 0 Å². The molecule has 0 bridgehead atoms. The van der Waals surface area contributed by atoms with Crippen molar-refractivity contribution in [2.45, 2.75) is 13.8 Å². The highest BCUT2D eigenvalue weighted by Crippen LogP contribution is 2.35. The lowest BCUT2D eigenvalue weighted by Crippen LogP contribution is -2.28. The van der Waals surface area contributed by atoms with Crippen LogP contribution in [0.15, 0.2) is 76.6 Å². The zero-order chi connectivity index (χ0) is 21.8. The second kappa shape index (κ2) is 9.18. The number of fused-ring (bicyclic) bond motifs is 1. The van der Waals surface area contributed by atoms with Crippen LogP contribution in [-0.4, -0.2) is 35.1 Å². The van der Waals surface area contributed by atoms with Gasteiger partial charge in [-0.05, 0) is 66.2 Å². The molecule has 5 nitrogen and oxygen atoms in total. The van der Waals surface area contributed by atoms with Crippen LogP contribution in [0.5, 0.6) is 0 Å². The maximum atomic E-state index is 13.0. The first-order valence-corrected chi connectivity index (χ1v) is 11.0. The highest BCUT2D eigenvalue weighted by Gasteiger charge is 2.32. The van der Waals surface area contributed by atoms with Gasteiger partial charge in [-0.25, -0.2) is 9.79 Å². The number of carbonyl (C=O) groups excluding carboxylic acids is 2. The molecule has 0 unspecified atom stereocenters. The molecule has 6 heteroatoms. The van der Waals surface area contributed by atoms with Gasteiger partial charge in [0.25, 0.3) is 5.91 Å². The molecule has 1 saturated heterocycles. The fourth-order valence-corrected chi connectivity index (χ4v) is 4.47. The van der Waals surface area contributed by atoms with Crippen LogP contribution in [0.1, 0.15) is 29.8 Å². The lowest BCUT2D eigenvalue weighted by atomic mass is 10.0. The molecule has 1 amide bonds. The van der Waals surface area contributed by atoms with Gasteiger partial charge in [0.05, 0.1) is 22.8 Å². The lowest BCUT2D eigenvalue weighted by Gasteiger charge is -2.12. The molecular weight excluding hydrogens is 408 g/mol. The van der Waals surface area contributed by atoms with Gasteiger partial charge in [-0.2, -0.15) is 0 Å². The molecule has 156 valence electrons. The molecule has 0 atom stereocenters. The van der Waals surface area contributed by atoms with E-state index < -0.39 is 0 Å². The molecule has 0 radical (unpaired) electrons. The minimum Gasteiger partial charge on any atom is -0.462 e. The second-order valence-electron chi connectivity index (χ2n) is 6.89. The van der Waals surface area contributed by atoms with E-state index in [-0.39, 0.29) is 11.9 Å². The molecule has 0 saturated carbocycles. The Labute approximate surface area is 185 Å². The number of aliphatic imine (C=N–C) groups is 1. The molecule has 1 fully saturated rings. The predicted octanol–water partition coefficient (Wildman–Crippen LogP) is 5.64. The first kappa shape index (κ1) is 20.9. The number of thioether (sulfide) groups is 1. The van der Waals surface area contributed by atoms with E-state index in [1.165, 1.54) is 11.8 Å². The van der Waals surface area contributed by atoms with Crippen LogP contribution in [0.3, 0.4) is 0 Å². The number of benzene rings is 3. The Bertz CT molecular complexity index is 1210. The Kier molecular flexibility index (Phi) is 6.18. The maximum absolute atomic E-state index is 13.0. The molecule has 31 heavy (non-hydrogen) atoms. The van der Waals surface area contributed by atoms with Gasteiger partial charge in [0, 0.05) is 6.54 Å². The van der Waals surface area contributed by atoms with E-state index in [1.807, 2.05) is 37.3 Å². The number of esters is 1. The third-order valence-electron chi connectivity index (χ3n) is 4.90. The number of nitrogens with zero attached hydrogens (tertiary/aromatic N) is 2. The van der Waals surface area contributed by atoms with E-state index in [2.05, 4.69) is 23.2 Å². The van der Waals surface area contributed by atoms with Crippen LogP contribution in [0, 0.1) is 0 Å². The molecule has 1 aliphatic heterocycles. The van der Waals surface area contributed by atoms with Crippen LogP contribution in [-0.2, 0) is 9.53 Å². The number of ether oxygens (including phenoxy) is 1. The zero-order valence-corrected chi connectivity index (χ0v) is 18.2. The van der Waals surface area contributed by atoms with Crippen LogP contribution >= 0.6 is 11.8 Å². The number of hydrogen-bond acceptors (Lipinski definition) is 5. The third kappa shape index (κ3) is 4.39. The van der Waals surface area contributed by atoms with Crippen molar-refractivity contribution in [3.8, 4) is 0 Å². The quantitative estimate of drug-likeness (QED) is 0.388.